The summed E-state index contributed by atoms with van der Waals surface area (Å²) in [6, 6.07) is 21.4. The van der Waals surface area contributed by atoms with E-state index in [0.29, 0.717) is 0 Å². The second kappa shape index (κ2) is 10.3. The van der Waals surface area contributed by atoms with Crippen LogP contribution in [0, 0.1) is 0 Å². The molecule has 8 heteroatoms. The number of sulfonamides is 1. The predicted molar refractivity (Wildman–Crippen MR) is 124 cm³/mol. The third kappa shape index (κ3) is 6.31. The molecule has 3 rings (SSSR count). The molecular weight excluding hydrogens is 455 g/mol. The Morgan fingerprint density at radius 2 is 1.55 bits per heavy atom. The zero-order valence-corrected chi connectivity index (χ0v) is 19.1. The van der Waals surface area contributed by atoms with Crippen LogP contribution in [0.1, 0.15) is 24.1 Å². The lowest BCUT2D eigenvalue weighted by Gasteiger charge is -2.22. The van der Waals surface area contributed by atoms with Gasteiger partial charge in [-0.1, -0.05) is 83.9 Å². The molecule has 162 valence electrons. The lowest BCUT2D eigenvalue weighted by Crippen LogP contribution is -2.48. The van der Waals surface area contributed by atoms with Crippen LogP contribution in [-0.2, 0) is 21.2 Å². The molecule has 0 heterocycles. The van der Waals surface area contributed by atoms with Gasteiger partial charge in [0.25, 0.3) is 0 Å². The summed E-state index contributed by atoms with van der Waals surface area (Å²) in [5.74, 6) is -0.443. The number of rotatable bonds is 8. The van der Waals surface area contributed by atoms with Crippen molar-refractivity contribution in [1.29, 1.82) is 0 Å². The van der Waals surface area contributed by atoms with Gasteiger partial charge in [0.05, 0.1) is 11.1 Å². The lowest BCUT2D eigenvalue weighted by atomic mass is 10.0. The van der Waals surface area contributed by atoms with Gasteiger partial charge in [0.15, 0.2) is 0 Å². The summed E-state index contributed by atoms with van der Waals surface area (Å²) in [5, 5.41) is 3.14. The van der Waals surface area contributed by atoms with E-state index in [4.69, 9.17) is 23.2 Å². The Labute approximate surface area is 192 Å². The number of carbonyl (C=O) groups is 1. The number of hydrogen-bond acceptors (Lipinski definition) is 3. The average Bonchev–Trinajstić information content (AvgIpc) is 2.76. The van der Waals surface area contributed by atoms with Crippen molar-refractivity contribution in [3.05, 3.63) is 100 Å². The van der Waals surface area contributed by atoms with Crippen molar-refractivity contribution < 1.29 is 13.2 Å². The molecule has 0 radical (unpaired) electrons. The molecule has 0 aliphatic rings. The van der Waals surface area contributed by atoms with E-state index in [9.17, 15) is 13.2 Å². The van der Waals surface area contributed by atoms with Crippen LogP contribution in [0.2, 0.25) is 10.0 Å². The van der Waals surface area contributed by atoms with Crippen LogP contribution in [0.5, 0.6) is 0 Å². The average molecular weight is 477 g/mol. The number of benzene rings is 3. The fourth-order valence-corrected chi connectivity index (χ4v) is 5.07. The highest BCUT2D eigenvalue weighted by molar-refractivity contribution is 7.89. The van der Waals surface area contributed by atoms with Gasteiger partial charge in [-0.2, -0.15) is 4.72 Å². The van der Waals surface area contributed by atoms with Crippen LogP contribution in [0.3, 0.4) is 0 Å². The standard InChI is InChI=1S/C23H22Cl2N2O3S/c1-16(18-10-6-3-7-11-18)26-23(28)21(14-17-8-4-2-5-9-17)27-31(29,30)22-15-19(24)12-13-20(22)25/h2-13,15-16,21,27H,14H2,1H3,(H,26,28)/t16-,21+/m0/s1. The SMILES string of the molecule is C[C@H](NC(=O)[C@@H](Cc1ccccc1)NS(=O)(=O)c1cc(Cl)ccc1Cl)c1ccccc1. The van der Waals surface area contributed by atoms with Crippen LogP contribution in [-0.4, -0.2) is 20.4 Å². The molecule has 3 aromatic carbocycles. The third-order valence-corrected chi connectivity index (χ3v) is 6.93. The summed E-state index contributed by atoms with van der Waals surface area (Å²) in [6.07, 6.45) is 0.172. The summed E-state index contributed by atoms with van der Waals surface area (Å²) in [6.45, 7) is 1.84. The smallest absolute Gasteiger partial charge is 0.242 e. The molecule has 0 aromatic heterocycles. The molecule has 0 aliphatic heterocycles. The van der Waals surface area contributed by atoms with Gasteiger partial charge in [0, 0.05) is 5.02 Å². The van der Waals surface area contributed by atoms with Crippen LogP contribution in [0.25, 0.3) is 0 Å². The minimum absolute atomic E-state index is 0.0217. The van der Waals surface area contributed by atoms with Crippen molar-refractivity contribution in [2.75, 3.05) is 0 Å². The van der Waals surface area contributed by atoms with Crippen LogP contribution >= 0.6 is 23.2 Å². The van der Waals surface area contributed by atoms with E-state index in [-0.39, 0.29) is 27.4 Å². The van der Waals surface area contributed by atoms with Crippen molar-refractivity contribution in [3.63, 3.8) is 0 Å². The zero-order valence-electron chi connectivity index (χ0n) is 16.8. The first-order valence-corrected chi connectivity index (χ1v) is 11.9. The van der Waals surface area contributed by atoms with Crippen LogP contribution in [0.15, 0.2) is 83.8 Å². The van der Waals surface area contributed by atoms with Crippen molar-refractivity contribution in [1.82, 2.24) is 10.0 Å². The van der Waals surface area contributed by atoms with Crippen LogP contribution < -0.4 is 10.0 Å². The largest absolute Gasteiger partial charge is 0.348 e. The van der Waals surface area contributed by atoms with Gasteiger partial charge in [0.2, 0.25) is 15.9 Å². The molecule has 2 N–H and O–H groups in total. The maximum Gasteiger partial charge on any atom is 0.242 e. The van der Waals surface area contributed by atoms with Crippen molar-refractivity contribution >= 4 is 39.1 Å². The van der Waals surface area contributed by atoms with Gasteiger partial charge in [-0.3, -0.25) is 4.79 Å². The molecule has 3 aromatic rings. The summed E-state index contributed by atoms with van der Waals surface area (Å²) in [5.41, 5.74) is 1.73. The second-order valence-electron chi connectivity index (χ2n) is 7.08. The molecule has 2 atom stereocenters. The first-order chi connectivity index (χ1) is 14.8. The monoisotopic (exact) mass is 476 g/mol. The molecule has 0 aliphatic carbocycles. The molecule has 0 saturated carbocycles. The molecule has 0 spiro atoms. The van der Waals surface area contributed by atoms with E-state index < -0.39 is 22.0 Å². The van der Waals surface area contributed by atoms with Gasteiger partial charge in [-0.05, 0) is 42.7 Å². The predicted octanol–water partition coefficient (Wildman–Crippen LogP) is 4.76. The number of amides is 1. The highest BCUT2D eigenvalue weighted by Crippen LogP contribution is 2.25. The summed E-state index contributed by atoms with van der Waals surface area (Å²) in [4.78, 5) is 12.9. The highest BCUT2D eigenvalue weighted by Gasteiger charge is 2.28. The summed E-state index contributed by atoms with van der Waals surface area (Å²) >= 11 is 12.0. The summed E-state index contributed by atoms with van der Waals surface area (Å²) < 4.78 is 28.6. The molecule has 0 fully saturated rings. The molecule has 31 heavy (non-hydrogen) atoms. The second-order valence-corrected chi connectivity index (χ2v) is 9.61. The minimum Gasteiger partial charge on any atom is -0.348 e. The van der Waals surface area contributed by atoms with E-state index in [1.807, 2.05) is 67.6 Å². The van der Waals surface area contributed by atoms with Gasteiger partial charge >= 0.3 is 0 Å². The number of hydrogen-bond donors (Lipinski definition) is 2. The van der Waals surface area contributed by atoms with Crippen LogP contribution in [0.4, 0.5) is 0 Å². The maximum absolute atomic E-state index is 13.1. The minimum atomic E-state index is -4.11. The first-order valence-electron chi connectivity index (χ1n) is 9.63. The third-order valence-electron chi connectivity index (χ3n) is 4.74. The Kier molecular flexibility index (Phi) is 7.73. The van der Waals surface area contributed by atoms with E-state index in [1.54, 1.807) is 0 Å². The van der Waals surface area contributed by atoms with Crippen molar-refractivity contribution in [3.8, 4) is 0 Å². The highest BCUT2D eigenvalue weighted by atomic mass is 35.5. The normalized spacial score (nSPS) is 13.4. The lowest BCUT2D eigenvalue weighted by molar-refractivity contribution is -0.123. The Morgan fingerprint density at radius 1 is 0.935 bits per heavy atom. The van der Waals surface area contributed by atoms with E-state index in [0.717, 1.165) is 11.1 Å². The molecule has 5 nitrogen and oxygen atoms in total. The molecule has 0 bridgehead atoms. The quantitative estimate of drug-likeness (QED) is 0.491. The van der Waals surface area contributed by atoms with Crippen molar-refractivity contribution in [2.24, 2.45) is 0 Å². The van der Waals surface area contributed by atoms with Gasteiger partial charge in [-0.25, -0.2) is 8.42 Å². The molecular formula is C23H22Cl2N2O3S. The first kappa shape index (κ1) is 23.3. The van der Waals surface area contributed by atoms with Gasteiger partial charge < -0.3 is 5.32 Å². The molecule has 1 amide bonds. The maximum atomic E-state index is 13.1. The Bertz CT molecular complexity index is 1140. The Balaban J connectivity index is 1.87. The topological polar surface area (TPSA) is 75.3 Å². The number of nitrogens with one attached hydrogen (secondary N) is 2. The van der Waals surface area contributed by atoms with E-state index >= 15 is 0 Å². The number of carbonyl (C=O) groups excluding carboxylic acids is 1. The fraction of sp³-hybridized carbons (Fsp3) is 0.174. The summed E-state index contributed by atoms with van der Waals surface area (Å²) in [7, 11) is -4.11. The fourth-order valence-electron chi connectivity index (χ4n) is 3.11. The Hall–Kier alpha value is -2.38. The zero-order chi connectivity index (χ0) is 22.4. The van der Waals surface area contributed by atoms with Gasteiger partial charge in [-0.15, -0.1) is 0 Å². The molecule has 0 unspecified atom stereocenters. The molecule has 0 saturated heterocycles. The van der Waals surface area contributed by atoms with Gasteiger partial charge in [0.1, 0.15) is 10.9 Å². The number of halogens is 2. The Morgan fingerprint density at radius 3 is 2.19 bits per heavy atom. The van der Waals surface area contributed by atoms with Crippen molar-refractivity contribution in [2.45, 2.75) is 30.3 Å². The van der Waals surface area contributed by atoms with E-state index in [1.165, 1.54) is 18.2 Å². The van der Waals surface area contributed by atoms with E-state index in [2.05, 4.69) is 10.0 Å².